The minimum atomic E-state index is -1.04. The number of esters is 2. The van der Waals surface area contributed by atoms with Crippen molar-refractivity contribution in [1.29, 1.82) is 0 Å². The molecule has 4 N–H and O–H groups in total. The standard InChI is InChI=1S/C19H24N4O6/c1-11-15(18(24)28-9-7-20)17(13-5-3-4-6-14(13)23(26)27)16(12(2)22-11)19(25)29-10-8-21/h3-6,15,17H,7-10,20-21H2,1-2H3. The maximum Gasteiger partial charge on any atom is 0.336 e. The molecule has 1 aliphatic rings. The van der Waals surface area contributed by atoms with E-state index in [1.54, 1.807) is 19.9 Å². The molecule has 1 heterocycles. The van der Waals surface area contributed by atoms with Crippen LogP contribution < -0.4 is 11.5 Å². The fraction of sp³-hybridized carbons (Fsp3) is 0.421. The molecule has 29 heavy (non-hydrogen) atoms. The molecule has 0 fully saturated rings. The molecular weight excluding hydrogens is 380 g/mol. The van der Waals surface area contributed by atoms with Gasteiger partial charge >= 0.3 is 11.9 Å². The molecule has 156 valence electrons. The van der Waals surface area contributed by atoms with Crippen molar-refractivity contribution in [2.24, 2.45) is 22.4 Å². The first-order valence-corrected chi connectivity index (χ1v) is 9.06. The van der Waals surface area contributed by atoms with Crippen molar-refractivity contribution in [1.82, 2.24) is 0 Å². The quantitative estimate of drug-likeness (QED) is 0.369. The van der Waals surface area contributed by atoms with Gasteiger partial charge in [0.2, 0.25) is 0 Å². The van der Waals surface area contributed by atoms with E-state index in [2.05, 4.69) is 4.99 Å². The summed E-state index contributed by atoms with van der Waals surface area (Å²) in [5.74, 6) is -3.43. The first-order valence-electron chi connectivity index (χ1n) is 9.06. The van der Waals surface area contributed by atoms with E-state index in [0.29, 0.717) is 11.4 Å². The molecule has 0 saturated carbocycles. The van der Waals surface area contributed by atoms with Gasteiger partial charge in [0, 0.05) is 42.0 Å². The van der Waals surface area contributed by atoms with Gasteiger partial charge in [-0.15, -0.1) is 0 Å². The molecule has 0 amide bonds. The lowest BCUT2D eigenvalue weighted by Gasteiger charge is -2.31. The first-order chi connectivity index (χ1) is 13.8. The number of carbonyl (C=O) groups is 2. The molecule has 1 aromatic carbocycles. The molecule has 0 aliphatic carbocycles. The molecule has 2 unspecified atom stereocenters. The molecule has 2 atom stereocenters. The summed E-state index contributed by atoms with van der Waals surface area (Å²) in [5, 5.41) is 11.6. The average molecular weight is 404 g/mol. The van der Waals surface area contributed by atoms with Crippen LogP contribution in [0, 0.1) is 16.0 Å². The van der Waals surface area contributed by atoms with Gasteiger partial charge in [-0.3, -0.25) is 19.9 Å². The SMILES string of the molecule is CC1=NC(C)=C(C(=O)OCCN)C(c2ccccc2[N+](=O)[O-])C1C(=O)OCCN. The number of nitro groups is 1. The highest BCUT2D eigenvalue weighted by Crippen LogP contribution is 2.43. The highest BCUT2D eigenvalue weighted by atomic mass is 16.6. The van der Waals surface area contributed by atoms with Crippen LogP contribution in [0.25, 0.3) is 0 Å². The normalized spacial score (nSPS) is 18.8. The van der Waals surface area contributed by atoms with Crippen LogP contribution in [-0.4, -0.2) is 48.9 Å². The van der Waals surface area contributed by atoms with Gasteiger partial charge in [-0.25, -0.2) is 4.79 Å². The number of nitrogens with two attached hydrogens (primary N) is 2. The van der Waals surface area contributed by atoms with Crippen LogP contribution in [-0.2, 0) is 19.1 Å². The van der Waals surface area contributed by atoms with Gasteiger partial charge < -0.3 is 20.9 Å². The van der Waals surface area contributed by atoms with Crippen LogP contribution in [0.5, 0.6) is 0 Å². The Morgan fingerprint density at radius 2 is 1.76 bits per heavy atom. The summed E-state index contributed by atoms with van der Waals surface area (Å²) in [6.07, 6.45) is 0. The lowest BCUT2D eigenvalue weighted by molar-refractivity contribution is -0.385. The van der Waals surface area contributed by atoms with Gasteiger partial charge in [0.15, 0.2) is 0 Å². The zero-order valence-electron chi connectivity index (χ0n) is 16.3. The number of hydrogen-bond acceptors (Lipinski definition) is 9. The summed E-state index contributed by atoms with van der Waals surface area (Å²) in [6, 6.07) is 5.94. The number of carbonyl (C=O) groups excluding carboxylic acids is 2. The number of aliphatic imine (C=N–C) groups is 1. The third-order valence-electron chi connectivity index (χ3n) is 4.48. The van der Waals surface area contributed by atoms with E-state index in [9.17, 15) is 19.7 Å². The molecule has 10 heteroatoms. The number of rotatable bonds is 8. The molecule has 0 aromatic heterocycles. The number of nitrogens with zero attached hydrogens (tertiary/aromatic N) is 2. The maximum atomic E-state index is 12.8. The molecule has 0 spiro atoms. The summed E-state index contributed by atoms with van der Waals surface area (Å²) in [5.41, 5.74) is 11.5. The maximum absolute atomic E-state index is 12.8. The first kappa shape index (κ1) is 22.2. The Morgan fingerprint density at radius 1 is 1.14 bits per heavy atom. The van der Waals surface area contributed by atoms with E-state index in [1.807, 2.05) is 0 Å². The van der Waals surface area contributed by atoms with E-state index >= 15 is 0 Å². The van der Waals surface area contributed by atoms with Crippen LogP contribution >= 0.6 is 0 Å². The van der Waals surface area contributed by atoms with Crippen molar-refractivity contribution in [3.8, 4) is 0 Å². The second kappa shape index (κ2) is 9.89. The van der Waals surface area contributed by atoms with E-state index < -0.39 is 28.7 Å². The molecular formula is C19H24N4O6. The van der Waals surface area contributed by atoms with Crippen LogP contribution in [0.1, 0.15) is 25.3 Å². The fourth-order valence-electron chi connectivity index (χ4n) is 3.34. The van der Waals surface area contributed by atoms with Crippen LogP contribution in [0.15, 0.2) is 40.5 Å². The second-order valence-electron chi connectivity index (χ2n) is 6.40. The molecule has 1 aromatic rings. The highest BCUT2D eigenvalue weighted by molar-refractivity contribution is 6.07. The number of hydrogen-bond donors (Lipinski definition) is 2. The van der Waals surface area contributed by atoms with E-state index in [-0.39, 0.29) is 43.1 Å². The minimum absolute atomic E-state index is 0.0259. The summed E-state index contributed by atoms with van der Waals surface area (Å²) < 4.78 is 10.4. The zero-order valence-corrected chi connectivity index (χ0v) is 16.3. The van der Waals surface area contributed by atoms with Crippen molar-refractivity contribution >= 4 is 23.3 Å². The predicted octanol–water partition coefficient (Wildman–Crippen LogP) is 1.05. The third-order valence-corrected chi connectivity index (χ3v) is 4.48. The summed E-state index contributed by atoms with van der Waals surface area (Å²) in [4.78, 5) is 40.9. The van der Waals surface area contributed by atoms with Crippen molar-refractivity contribution in [2.75, 3.05) is 26.3 Å². The monoisotopic (exact) mass is 404 g/mol. The zero-order chi connectivity index (χ0) is 21.6. The number of benzene rings is 1. The third kappa shape index (κ3) is 4.84. The number of nitro benzene ring substituents is 1. The number of ether oxygens (including phenoxy) is 2. The number of para-hydroxylation sites is 1. The Kier molecular flexibility index (Phi) is 7.57. The number of allylic oxidation sites excluding steroid dienone is 1. The molecule has 0 bridgehead atoms. The van der Waals surface area contributed by atoms with Crippen molar-refractivity contribution in [3.63, 3.8) is 0 Å². The van der Waals surface area contributed by atoms with Gasteiger partial charge in [-0.2, -0.15) is 0 Å². The second-order valence-corrected chi connectivity index (χ2v) is 6.40. The van der Waals surface area contributed by atoms with E-state index in [0.717, 1.165) is 0 Å². The van der Waals surface area contributed by atoms with Crippen LogP contribution in [0.2, 0.25) is 0 Å². The van der Waals surface area contributed by atoms with Gasteiger partial charge in [-0.05, 0) is 13.8 Å². The molecule has 10 nitrogen and oxygen atoms in total. The lowest BCUT2D eigenvalue weighted by Crippen LogP contribution is -2.37. The highest BCUT2D eigenvalue weighted by Gasteiger charge is 2.44. The van der Waals surface area contributed by atoms with Gasteiger partial charge in [0.25, 0.3) is 5.69 Å². The summed E-state index contributed by atoms with van der Waals surface area (Å²) >= 11 is 0. The van der Waals surface area contributed by atoms with Crippen molar-refractivity contribution in [3.05, 3.63) is 51.2 Å². The largest absolute Gasteiger partial charge is 0.464 e. The fourth-order valence-corrected chi connectivity index (χ4v) is 3.34. The van der Waals surface area contributed by atoms with Crippen molar-refractivity contribution in [2.45, 2.75) is 19.8 Å². The Balaban J connectivity index is 2.66. The van der Waals surface area contributed by atoms with Gasteiger partial charge in [0.1, 0.15) is 19.1 Å². The Labute approximate surface area is 167 Å². The summed E-state index contributed by atoms with van der Waals surface area (Å²) in [7, 11) is 0. The van der Waals surface area contributed by atoms with Gasteiger partial charge in [-0.1, -0.05) is 18.2 Å². The predicted molar refractivity (Wildman–Crippen MR) is 105 cm³/mol. The summed E-state index contributed by atoms with van der Waals surface area (Å²) in [6.45, 7) is 3.36. The molecule has 0 saturated heterocycles. The minimum Gasteiger partial charge on any atom is -0.464 e. The van der Waals surface area contributed by atoms with E-state index in [4.69, 9.17) is 20.9 Å². The van der Waals surface area contributed by atoms with Crippen molar-refractivity contribution < 1.29 is 24.0 Å². The van der Waals surface area contributed by atoms with Gasteiger partial charge in [0.05, 0.1) is 10.5 Å². The Bertz CT molecular complexity index is 864. The topological polar surface area (TPSA) is 160 Å². The molecule has 1 aliphatic heterocycles. The smallest absolute Gasteiger partial charge is 0.336 e. The van der Waals surface area contributed by atoms with Crippen LogP contribution in [0.4, 0.5) is 5.69 Å². The Morgan fingerprint density at radius 3 is 2.38 bits per heavy atom. The molecule has 2 rings (SSSR count). The van der Waals surface area contributed by atoms with Crippen LogP contribution in [0.3, 0.4) is 0 Å². The Hall–Kier alpha value is -3.11. The van der Waals surface area contributed by atoms with E-state index in [1.165, 1.54) is 18.2 Å². The average Bonchev–Trinajstić information content (AvgIpc) is 2.69. The molecule has 0 radical (unpaired) electrons. The lowest BCUT2D eigenvalue weighted by atomic mass is 9.75.